The maximum Gasteiger partial charge on any atom is 0.265 e. The lowest BCUT2D eigenvalue weighted by Crippen LogP contribution is -2.08. The molecule has 1 rings (SSSR count). The third kappa shape index (κ3) is 3.97. The summed E-state index contributed by atoms with van der Waals surface area (Å²) < 4.78 is 26.6. The van der Waals surface area contributed by atoms with Gasteiger partial charge in [0.25, 0.3) is 10.1 Å². The molecule has 0 N–H and O–H groups in total. The third-order valence-electron chi connectivity index (χ3n) is 1.99. The van der Waals surface area contributed by atoms with Crippen LogP contribution in [-0.4, -0.2) is 19.7 Å². The second kappa shape index (κ2) is 4.72. The molecule has 0 saturated heterocycles. The fourth-order valence-corrected chi connectivity index (χ4v) is 1.82. The van der Waals surface area contributed by atoms with Gasteiger partial charge >= 0.3 is 0 Å². The molecule has 4 nitrogen and oxygen atoms in total. The number of hydrogen-bond acceptors (Lipinski definition) is 4. The fourth-order valence-electron chi connectivity index (χ4n) is 1.20. The van der Waals surface area contributed by atoms with E-state index in [1.807, 2.05) is 13.0 Å². The first-order valence-corrected chi connectivity index (χ1v) is 6.57. The van der Waals surface area contributed by atoms with Gasteiger partial charge in [-0.15, -0.1) is 0 Å². The van der Waals surface area contributed by atoms with E-state index in [1.54, 1.807) is 19.2 Å². The molecule has 0 bridgehead atoms. The van der Waals surface area contributed by atoms with Crippen molar-refractivity contribution in [2.24, 2.45) is 0 Å². The fraction of sp³-hybridized carbons (Fsp3) is 0.500. The molecule has 1 unspecified atom stereocenters. The Labute approximate surface area is 90.4 Å². The van der Waals surface area contributed by atoms with Crippen LogP contribution in [0, 0.1) is 0 Å². The Bertz CT molecular complexity index is 411. The molecule has 1 heterocycles. The van der Waals surface area contributed by atoms with E-state index in [0.29, 0.717) is 5.69 Å². The lowest BCUT2D eigenvalue weighted by atomic mass is 10.2. The molecule has 0 aliphatic carbocycles. The minimum atomic E-state index is -3.43. The van der Waals surface area contributed by atoms with Crippen LogP contribution in [0.1, 0.15) is 31.2 Å². The van der Waals surface area contributed by atoms with Gasteiger partial charge < -0.3 is 0 Å². The summed E-state index contributed by atoms with van der Waals surface area (Å²) in [5.74, 6) is 0. The van der Waals surface area contributed by atoms with Crippen LogP contribution in [0.2, 0.25) is 0 Å². The van der Waals surface area contributed by atoms with E-state index in [4.69, 9.17) is 4.18 Å². The number of rotatable bonds is 4. The maximum atomic E-state index is 10.9. The molecule has 84 valence electrons. The van der Waals surface area contributed by atoms with Crippen LogP contribution in [0.5, 0.6) is 0 Å². The van der Waals surface area contributed by atoms with E-state index in [9.17, 15) is 8.42 Å². The molecular formula is C10H15NO3S. The van der Waals surface area contributed by atoms with Crippen molar-refractivity contribution in [1.29, 1.82) is 0 Å². The zero-order valence-corrected chi connectivity index (χ0v) is 9.91. The average molecular weight is 229 g/mol. The second-order valence-corrected chi connectivity index (χ2v) is 4.99. The van der Waals surface area contributed by atoms with Crippen LogP contribution >= 0.6 is 0 Å². The Balaban J connectivity index is 2.78. The summed E-state index contributed by atoms with van der Waals surface area (Å²) in [6.45, 7) is 3.70. The highest BCUT2D eigenvalue weighted by Gasteiger charge is 2.13. The molecule has 1 aromatic rings. The van der Waals surface area contributed by atoms with E-state index in [-0.39, 0.29) is 0 Å². The summed E-state index contributed by atoms with van der Waals surface area (Å²) in [4.78, 5) is 4.14. The largest absolute Gasteiger partial charge is 0.265 e. The van der Waals surface area contributed by atoms with Crippen molar-refractivity contribution in [2.75, 3.05) is 6.26 Å². The zero-order valence-electron chi connectivity index (χ0n) is 9.10. The monoisotopic (exact) mass is 229 g/mol. The van der Waals surface area contributed by atoms with Crippen molar-refractivity contribution < 1.29 is 12.6 Å². The molecule has 5 heteroatoms. The molecular weight excluding hydrogens is 214 g/mol. The van der Waals surface area contributed by atoms with Gasteiger partial charge in [-0.05, 0) is 25.0 Å². The Morgan fingerprint density at radius 1 is 1.47 bits per heavy atom. The van der Waals surface area contributed by atoms with Crippen LogP contribution in [0.4, 0.5) is 0 Å². The lowest BCUT2D eigenvalue weighted by molar-refractivity contribution is 0.231. The quantitative estimate of drug-likeness (QED) is 0.737. The van der Waals surface area contributed by atoms with Gasteiger partial charge in [0.2, 0.25) is 0 Å². The molecule has 0 fully saturated rings. The van der Waals surface area contributed by atoms with E-state index in [0.717, 1.165) is 18.2 Å². The first-order valence-electron chi connectivity index (χ1n) is 4.75. The standard InChI is InChI=1S/C10H15NO3S/c1-4-9-5-6-10(11-7-9)8(2)14-15(3,12)13/h5-8H,4H2,1-3H3. The van der Waals surface area contributed by atoms with Crippen molar-refractivity contribution in [3.05, 3.63) is 29.6 Å². The predicted octanol–water partition coefficient (Wildman–Crippen LogP) is 1.68. The van der Waals surface area contributed by atoms with Crippen molar-refractivity contribution in [3.63, 3.8) is 0 Å². The number of nitrogens with zero attached hydrogens (tertiary/aromatic N) is 1. The molecule has 0 radical (unpaired) electrons. The van der Waals surface area contributed by atoms with Gasteiger partial charge in [-0.25, -0.2) is 0 Å². The number of aromatic nitrogens is 1. The number of aryl methyl sites for hydroxylation is 1. The molecule has 0 saturated carbocycles. The minimum absolute atomic E-state index is 0.536. The van der Waals surface area contributed by atoms with Crippen LogP contribution in [0.25, 0.3) is 0 Å². The van der Waals surface area contributed by atoms with E-state index >= 15 is 0 Å². The minimum Gasteiger partial charge on any atom is -0.261 e. The number of pyridine rings is 1. The Kier molecular flexibility index (Phi) is 3.82. The topological polar surface area (TPSA) is 56.3 Å². The Morgan fingerprint density at radius 2 is 2.13 bits per heavy atom. The normalized spacial score (nSPS) is 13.8. The first kappa shape index (κ1) is 12.1. The van der Waals surface area contributed by atoms with Crippen LogP contribution in [-0.2, 0) is 20.7 Å². The molecule has 0 aliphatic rings. The summed E-state index contributed by atoms with van der Waals surface area (Å²) in [6, 6.07) is 3.71. The summed E-state index contributed by atoms with van der Waals surface area (Å²) in [6.07, 6.45) is 3.14. The second-order valence-electron chi connectivity index (χ2n) is 3.39. The highest BCUT2D eigenvalue weighted by Crippen LogP contribution is 2.16. The summed E-state index contributed by atoms with van der Waals surface area (Å²) in [5, 5.41) is 0. The van der Waals surface area contributed by atoms with Gasteiger partial charge in [-0.1, -0.05) is 13.0 Å². The predicted molar refractivity (Wildman–Crippen MR) is 58.0 cm³/mol. The molecule has 0 aliphatic heterocycles. The van der Waals surface area contributed by atoms with Gasteiger partial charge in [-0.3, -0.25) is 9.17 Å². The van der Waals surface area contributed by atoms with Crippen molar-refractivity contribution in [3.8, 4) is 0 Å². The zero-order chi connectivity index (χ0) is 11.5. The highest BCUT2D eigenvalue weighted by molar-refractivity contribution is 7.86. The molecule has 0 spiro atoms. The molecule has 0 aromatic carbocycles. The van der Waals surface area contributed by atoms with Gasteiger partial charge in [0.05, 0.1) is 11.9 Å². The summed E-state index contributed by atoms with van der Waals surface area (Å²) in [5.41, 5.74) is 1.74. The third-order valence-corrected chi connectivity index (χ3v) is 2.63. The Hall–Kier alpha value is -0.940. The lowest BCUT2D eigenvalue weighted by Gasteiger charge is -2.10. The number of hydrogen-bond donors (Lipinski definition) is 0. The van der Waals surface area contributed by atoms with Crippen molar-refractivity contribution >= 4 is 10.1 Å². The van der Waals surface area contributed by atoms with Gasteiger partial charge in [0, 0.05) is 6.20 Å². The Morgan fingerprint density at radius 3 is 2.53 bits per heavy atom. The van der Waals surface area contributed by atoms with Crippen molar-refractivity contribution in [1.82, 2.24) is 4.98 Å². The summed E-state index contributed by atoms with van der Waals surface area (Å²) in [7, 11) is -3.43. The SMILES string of the molecule is CCc1ccc(C(C)OS(C)(=O)=O)nc1. The first-order chi connectivity index (χ1) is 6.92. The van der Waals surface area contributed by atoms with Crippen LogP contribution in [0.15, 0.2) is 18.3 Å². The average Bonchev–Trinajstić information content (AvgIpc) is 2.15. The molecule has 15 heavy (non-hydrogen) atoms. The van der Waals surface area contributed by atoms with Crippen molar-refractivity contribution in [2.45, 2.75) is 26.4 Å². The highest BCUT2D eigenvalue weighted by atomic mass is 32.2. The van der Waals surface area contributed by atoms with E-state index < -0.39 is 16.2 Å². The molecule has 0 amide bonds. The molecule has 1 aromatic heterocycles. The van der Waals surface area contributed by atoms with Crippen LogP contribution < -0.4 is 0 Å². The maximum absolute atomic E-state index is 10.9. The van der Waals surface area contributed by atoms with Gasteiger partial charge in [0.15, 0.2) is 0 Å². The summed E-state index contributed by atoms with van der Waals surface area (Å²) >= 11 is 0. The van der Waals surface area contributed by atoms with Gasteiger partial charge in [0.1, 0.15) is 6.10 Å². The smallest absolute Gasteiger partial charge is 0.261 e. The van der Waals surface area contributed by atoms with E-state index in [2.05, 4.69) is 4.98 Å². The molecule has 1 atom stereocenters. The van der Waals surface area contributed by atoms with Gasteiger partial charge in [-0.2, -0.15) is 8.42 Å². The van der Waals surface area contributed by atoms with E-state index in [1.165, 1.54) is 0 Å². The van der Waals surface area contributed by atoms with Crippen LogP contribution in [0.3, 0.4) is 0 Å².